The van der Waals surface area contributed by atoms with Crippen LogP contribution in [0.4, 0.5) is 5.69 Å². The number of hydrogen-bond acceptors (Lipinski definition) is 26. The maximum absolute atomic E-state index is 14.7. The maximum Gasteiger partial charge on any atom is 0.261 e. The standard InChI is InChI=1S/C62H75N11O21S2/c1-30-27-73-50(51(30)80)58(87)64-26-38(75)23-41(65-54(83)33-8-10-34(11-9-33)59-69-70-60(95-59)35-12-15-37(16-13-35)71-20-18-40(19-21-71)91-29-32-6-4-3-5-7-32)55(84)66-47(31(2)74)61(88)72-28-39(76)24-42(72)56(85)68-49(57(86)67-48(62(73)89)44(78)25-46(63)79)53(82)52(81)36-14-17-43(77)45(22-36)92-96-94-93-90/h3-17,22,30-31,38-42,44,47-53,74-78,80-82,90H,18-21,23-29H2,1-2H3,(H2,63,79)(H,64,87)(H,65,83)(H,66,84)(H,67,86)(H,68,85). The van der Waals surface area contributed by atoms with Crippen LogP contribution in [0.3, 0.4) is 0 Å². The number of aliphatic hydroxyl groups is 7. The van der Waals surface area contributed by atoms with Crippen molar-refractivity contribution in [2.75, 3.05) is 37.6 Å². The van der Waals surface area contributed by atoms with Gasteiger partial charge in [-0.15, -0.1) is 10.2 Å². The van der Waals surface area contributed by atoms with E-state index < -0.39 is 183 Å². The Morgan fingerprint density at radius 2 is 1.40 bits per heavy atom. The number of phenolic OH excluding ortho intramolecular Hbond substituents is 1. The van der Waals surface area contributed by atoms with Crippen LogP contribution in [0.15, 0.2) is 97.1 Å². The van der Waals surface area contributed by atoms with Crippen molar-refractivity contribution in [3.63, 3.8) is 0 Å². The van der Waals surface area contributed by atoms with E-state index in [1.807, 2.05) is 54.6 Å². The van der Waals surface area contributed by atoms with Gasteiger partial charge >= 0.3 is 0 Å². The van der Waals surface area contributed by atoms with Crippen molar-refractivity contribution < 1.29 is 103 Å². The van der Waals surface area contributed by atoms with Gasteiger partial charge in [0.15, 0.2) is 11.5 Å². The molecule has 16 N–H and O–H groups in total. The van der Waals surface area contributed by atoms with Gasteiger partial charge in [-0.25, -0.2) is 5.26 Å². The molecule has 14 atom stereocenters. The summed E-state index contributed by atoms with van der Waals surface area (Å²) in [5.41, 5.74) is 8.64. The van der Waals surface area contributed by atoms with Gasteiger partial charge in [-0.1, -0.05) is 76.2 Å². The third-order valence-corrected chi connectivity index (χ3v) is 18.4. The molecule has 4 fully saturated rings. The van der Waals surface area contributed by atoms with Crippen molar-refractivity contribution in [3.05, 3.63) is 114 Å². The fourth-order valence-corrected chi connectivity index (χ4v) is 12.9. The van der Waals surface area contributed by atoms with E-state index in [-0.39, 0.29) is 29.6 Å². The number of phenols is 1. The molecule has 32 nitrogen and oxygen atoms in total. The molecule has 0 saturated carbocycles. The van der Waals surface area contributed by atoms with Crippen molar-refractivity contribution in [2.45, 2.75) is 138 Å². The molecule has 0 radical (unpaired) electrons. The molecule has 4 aromatic carbocycles. The van der Waals surface area contributed by atoms with Gasteiger partial charge in [0.1, 0.15) is 58.5 Å². The van der Waals surface area contributed by atoms with E-state index in [1.165, 1.54) is 30.4 Å². The molecule has 9 rings (SSSR count). The highest BCUT2D eigenvalue weighted by atomic mass is 32.2. The van der Waals surface area contributed by atoms with Crippen LogP contribution < -0.4 is 41.4 Å². The van der Waals surface area contributed by atoms with Gasteiger partial charge in [0.25, 0.3) is 18.2 Å². The number of piperidine rings is 1. The second kappa shape index (κ2) is 32.5. The Labute approximate surface area is 556 Å². The van der Waals surface area contributed by atoms with E-state index in [4.69, 9.17) is 19.9 Å². The number of carbonyl (C=O) groups is 8. The Hall–Kier alpha value is -8.49. The van der Waals surface area contributed by atoms with E-state index in [1.54, 1.807) is 12.1 Å². The van der Waals surface area contributed by atoms with Gasteiger partial charge in [-0.2, -0.15) is 0 Å². The van der Waals surface area contributed by atoms with Gasteiger partial charge in [-0.05, 0) is 79.4 Å². The van der Waals surface area contributed by atoms with E-state index in [0.717, 1.165) is 77.7 Å². The van der Waals surface area contributed by atoms with Crippen LogP contribution in [-0.2, 0) is 54.3 Å². The summed E-state index contributed by atoms with van der Waals surface area (Å²) in [6.45, 7) is 2.93. The summed E-state index contributed by atoms with van der Waals surface area (Å²) in [6.07, 6.45) is -14.2. The smallest absolute Gasteiger partial charge is 0.261 e. The fraction of sp³-hybridized carbons (Fsp3) is 0.452. The Morgan fingerprint density at radius 1 is 0.760 bits per heavy atom. The quantitative estimate of drug-likeness (QED) is 0.0192. The molecule has 14 unspecified atom stereocenters. The number of aromatic hydroxyl groups is 1. The number of fused-ring (bicyclic) bond motifs is 2. The summed E-state index contributed by atoms with van der Waals surface area (Å²) < 4.78 is 15.4. The van der Waals surface area contributed by atoms with Crippen LogP contribution in [0.1, 0.15) is 73.5 Å². The number of nitrogens with zero attached hydrogens (tertiary/aromatic N) is 5. The molecular formula is C62H75N11O21S2. The second-order valence-corrected chi connectivity index (χ2v) is 25.3. The largest absolute Gasteiger partial charge is 0.504 e. The molecule has 5 heterocycles. The molecule has 5 aromatic rings. The number of benzene rings is 4. The summed E-state index contributed by atoms with van der Waals surface area (Å²) >= 11 is 1.28. The number of hydrogen-bond donors (Lipinski definition) is 15. The molecule has 34 heteroatoms. The normalized spacial score (nSPS) is 25.6. The Kier molecular flexibility index (Phi) is 24.3. The zero-order valence-electron chi connectivity index (χ0n) is 51.7. The third kappa shape index (κ3) is 17.6. The molecule has 4 aliphatic rings. The predicted molar refractivity (Wildman–Crippen MR) is 338 cm³/mol. The number of primary amides is 1. The molecule has 0 spiro atoms. The minimum Gasteiger partial charge on any atom is -0.504 e. The van der Waals surface area contributed by atoms with Gasteiger partial charge in [-0.3, -0.25) is 38.4 Å². The van der Waals surface area contributed by atoms with Crippen LogP contribution >= 0.6 is 23.7 Å². The van der Waals surface area contributed by atoms with Gasteiger partial charge in [0, 0.05) is 73.9 Å². The van der Waals surface area contributed by atoms with Crippen LogP contribution in [0.2, 0.25) is 0 Å². The molecule has 516 valence electrons. The highest BCUT2D eigenvalue weighted by Gasteiger charge is 2.50. The summed E-state index contributed by atoms with van der Waals surface area (Å²) in [6, 6.07) is 14.7. The van der Waals surface area contributed by atoms with Crippen LogP contribution in [0.5, 0.6) is 11.5 Å². The first-order valence-corrected chi connectivity index (χ1v) is 32.1. The summed E-state index contributed by atoms with van der Waals surface area (Å²) in [4.78, 5) is 118. The second-order valence-electron chi connectivity index (χ2n) is 23.9. The first-order chi connectivity index (χ1) is 45.9. The molecular weight excluding hydrogens is 1300 g/mol. The summed E-state index contributed by atoms with van der Waals surface area (Å²) in [5, 5.41) is 124. The Balaban J connectivity index is 0.956. The fourth-order valence-electron chi connectivity index (χ4n) is 11.8. The summed E-state index contributed by atoms with van der Waals surface area (Å²) in [7, 11) is 0. The van der Waals surface area contributed by atoms with Gasteiger partial charge in [0.05, 0.1) is 49.7 Å². The van der Waals surface area contributed by atoms with Crippen molar-refractivity contribution in [3.8, 4) is 32.6 Å². The average molecular weight is 1370 g/mol. The van der Waals surface area contributed by atoms with E-state index in [2.05, 4.69) is 51.1 Å². The van der Waals surface area contributed by atoms with Crippen molar-refractivity contribution in [2.24, 2.45) is 11.7 Å². The lowest BCUT2D eigenvalue weighted by atomic mass is 9.96. The maximum atomic E-state index is 14.7. The number of ether oxygens (including phenoxy) is 1. The number of nitrogens with two attached hydrogens (primary N) is 1. The molecule has 96 heavy (non-hydrogen) atoms. The minimum atomic E-state index is -2.53. The summed E-state index contributed by atoms with van der Waals surface area (Å²) in [5.74, 6) is -11.9. The number of amides is 8. The number of carbonyl (C=O) groups excluding carboxylic acids is 8. The van der Waals surface area contributed by atoms with E-state index >= 15 is 0 Å². The molecule has 0 aliphatic carbocycles. The lowest BCUT2D eigenvalue weighted by Gasteiger charge is -2.34. The number of nitrogens with one attached hydrogen (secondary N) is 5. The minimum absolute atomic E-state index is 0.00930. The van der Waals surface area contributed by atoms with Crippen LogP contribution in [-0.4, -0.2) is 225 Å². The molecule has 4 saturated heterocycles. The van der Waals surface area contributed by atoms with Crippen molar-refractivity contribution >= 4 is 76.6 Å². The predicted octanol–water partition coefficient (Wildman–Crippen LogP) is -1.56. The SMILES string of the molecule is CC(O)C1NC(=O)C(NC(=O)c2ccc(-c3nnc(-c4ccc(N5CCC(OCc6ccccc6)CC5)cc4)s3)cc2)CC(O)CNC(=O)C2C(O)C(C)CN2C(=O)C(C(O)CC(N)=O)NC(=O)C(C(O)C(O)c2ccc(O)c(OSOOO)c2)NC(=O)C2CC(O)CN2C1=O. The van der Waals surface area contributed by atoms with Crippen LogP contribution in [0.25, 0.3) is 21.1 Å². The van der Waals surface area contributed by atoms with E-state index in [0.29, 0.717) is 22.2 Å². The average Bonchev–Trinajstić information content (AvgIpc) is 1.74. The number of aliphatic hydroxyl groups excluding tert-OH is 7. The lowest BCUT2D eigenvalue weighted by molar-refractivity contribution is -0.433. The lowest BCUT2D eigenvalue weighted by Crippen LogP contribution is -2.64. The molecule has 8 amide bonds. The first-order valence-electron chi connectivity index (χ1n) is 30.6. The zero-order chi connectivity index (χ0) is 69.1. The van der Waals surface area contributed by atoms with Crippen molar-refractivity contribution in [1.82, 2.24) is 46.6 Å². The molecule has 0 bridgehead atoms. The Morgan fingerprint density at radius 3 is 2.04 bits per heavy atom. The first kappa shape index (κ1) is 71.8. The monoisotopic (exact) mass is 1370 g/mol. The van der Waals surface area contributed by atoms with E-state index in [9.17, 15) is 79.2 Å². The number of rotatable bonds is 19. The highest BCUT2D eigenvalue weighted by Crippen LogP contribution is 2.36. The Bertz CT molecular complexity index is 3550. The van der Waals surface area contributed by atoms with Gasteiger partial charge < -0.3 is 96.8 Å². The number of anilines is 1. The van der Waals surface area contributed by atoms with Crippen LogP contribution in [0, 0.1) is 5.92 Å². The topological polar surface area (TPSA) is 477 Å². The van der Waals surface area contributed by atoms with Crippen molar-refractivity contribution in [1.29, 1.82) is 0 Å². The zero-order valence-corrected chi connectivity index (χ0v) is 53.4. The molecule has 4 aliphatic heterocycles. The number of β-amino-alcohol motifs (C(OH)–C–C–N with tert-alkyl or cyclic N) is 1. The third-order valence-electron chi connectivity index (χ3n) is 17.0. The number of aromatic nitrogens is 2. The van der Waals surface area contributed by atoms with Gasteiger partial charge in [0.2, 0.25) is 41.4 Å². The highest BCUT2D eigenvalue weighted by molar-refractivity contribution is 7.90. The molecule has 1 aromatic heterocycles.